The first-order chi connectivity index (χ1) is 10.1. The molecule has 0 aliphatic carbocycles. The zero-order chi connectivity index (χ0) is 15.2. The molecule has 0 saturated heterocycles. The molecular formula is C15H15ClFN3O. The molecule has 0 aliphatic heterocycles. The van der Waals surface area contributed by atoms with Crippen LogP contribution in [-0.4, -0.2) is 17.4 Å². The fraction of sp³-hybridized carbons (Fsp3) is 0.200. The number of nitrogens with one attached hydrogen (secondary N) is 2. The largest absolute Gasteiger partial charge is 0.382 e. The van der Waals surface area contributed by atoms with Crippen molar-refractivity contribution >= 4 is 29.0 Å². The quantitative estimate of drug-likeness (QED) is 0.879. The Morgan fingerprint density at radius 1 is 1.33 bits per heavy atom. The molecule has 1 amide bonds. The first-order valence-electron chi connectivity index (χ1n) is 6.57. The fourth-order valence-corrected chi connectivity index (χ4v) is 1.89. The number of pyridine rings is 1. The number of halogens is 2. The summed E-state index contributed by atoms with van der Waals surface area (Å²) in [5, 5.41) is 6.02. The minimum atomic E-state index is -0.458. The van der Waals surface area contributed by atoms with Crippen molar-refractivity contribution in [1.82, 2.24) is 4.98 Å². The normalized spacial score (nSPS) is 10.2. The number of carbonyl (C=O) groups is 1. The Kier molecular flexibility index (Phi) is 5.11. The van der Waals surface area contributed by atoms with Crippen LogP contribution in [-0.2, 0) is 0 Å². The highest BCUT2D eigenvalue weighted by molar-refractivity contribution is 6.30. The van der Waals surface area contributed by atoms with E-state index < -0.39 is 11.7 Å². The van der Waals surface area contributed by atoms with Gasteiger partial charge in [-0.1, -0.05) is 24.6 Å². The summed E-state index contributed by atoms with van der Waals surface area (Å²) >= 11 is 5.73. The zero-order valence-electron chi connectivity index (χ0n) is 11.5. The third-order valence-corrected chi connectivity index (χ3v) is 3.00. The SMILES string of the molecule is CCCNc1c(F)cccc1C(=O)Nc1ccc(Cl)cn1. The first kappa shape index (κ1) is 15.3. The molecule has 0 atom stereocenters. The van der Waals surface area contributed by atoms with Crippen LogP contribution in [0.1, 0.15) is 23.7 Å². The lowest BCUT2D eigenvalue weighted by Gasteiger charge is -2.12. The van der Waals surface area contributed by atoms with E-state index in [1.165, 1.54) is 18.3 Å². The first-order valence-corrected chi connectivity index (χ1v) is 6.95. The van der Waals surface area contributed by atoms with Crippen LogP contribution in [0.5, 0.6) is 0 Å². The Morgan fingerprint density at radius 2 is 2.14 bits per heavy atom. The van der Waals surface area contributed by atoms with Crippen LogP contribution in [0.4, 0.5) is 15.9 Å². The molecule has 2 aromatic rings. The van der Waals surface area contributed by atoms with Gasteiger partial charge in [-0.05, 0) is 30.7 Å². The number of aromatic nitrogens is 1. The maximum atomic E-state index is 13.8. The van der Waals surface area contributed by atoms with Crippen molar-refractivity contribution in [2.24, 2.45) is 0 Å². The van der Waals surface area contributed by atoms with Crippen molar-refractivity contribution in [3.8, 4) is 0 Å². The van der Waals surface area contributed by atoms with Crippen molar-refractivity contribution in [3.05, 3.63) is 52.9 Å². The van der Waals surface area contributed by atoms with Gasteiger partial charge < -0.3 is 10.6 Å². The van der Waals surface area contributed by atoms with Gasteiger partial charge in [-0.25, -0.2) is 9.37 Å². The molecule has 1 heterocycles. The predicted octanol–water partition coefficient (Wildman–Crippen LogP) is 3.95. The van der Waals surface area contributed by atoms with Gasteiger partial charge in [0, 0.05) is 12.7 Å². The number of carbonyl (C=O) groups excluding carboxylic acids is 1. The van der Waals surface area contributed by atoms with Crippen LogP contribution in [0.2, 0.25) is 5.02 Å². The van der Waals surface area contributed by atoms with Crippen molar-refractivity contribution in [3.63, 3.8) is 0 Å². The number of hydrogen-bond acceptors (Lipinski definition) is 3. The molecule has 4 nitrogen and oxygen atoms in total. The Labute approximate surface area is 127 Å². The van der Waals surface area contributed by atoms with Gasteiger partial charge in [-0.3, -0.25) is 4.79 Å². The monoisotopic (exact) mass is 307 g/mol. The molecule has 110 valence electrons. The summed E-state index contributed by atoms with van der Waals surface area (Å²) in [6.45, 7) is 2.55. The van der Waals surface area contributed by atoms with Crippen LogP contribution < -0.4 is 10.6 Å². The van der Waals surface area contributed by atoms with Crippen LogP contribution >= 0.6 is 11.6 Å². The molecule has 0 unspecified atom stereocenters. The zero-order valence-corrected chi connectivity index (χ0v) is 12.2. The average molecular weight is 308 g/mol. The molecule has 2 N–H and O–H groups in total. The molecule has 1 aromatic heterocycles. The van der Waals surface area contributed by atoms with E-state index in [-0.39, 0.29) is 11.3 Å². The molecule has 0 radical (unpaired) electrons. The summed E-state index contributed by atoms with van der Waals surface area (Å²) in [5.41, 5.74) is 0.436. The topological polar surface area (TPSA) is 54.0 Å². The maximum absolute atomic E-state index is 13.8. The highest BCUT2D eigenvalue weighted by Gasteiger charge is 2.15. The van der Waals surface area contributed by atoms with Crippen LogP contribution in [0, 0.1) is 5.82 Å². The third kappa shape index (κ3) is 3.92. The molecule has 1 aromatic carbocycles. The van der Waals surface area contributed by atoms with Crippen LogP contribution in [0.25, 0.3) is 0 Å². The third-order valence-electron chi connectivity index (χ3n) is 2.78. The summed E-state index contributed by atoms with van der Waals surface area (Å²) in [4.78, 5) is 16.2. The van der Waals surface area contributed by atoms with Crippen molar-refractivity contribution in [1.29, 1.82) is 0 Å². The Hall–Kier alpha value is -2.14. The Morgan fingerprint density at radius 3 is 2.81 bits per heavy atom. The van der Waals surface area contributed by atoms with Crippen molar-refractivity contribution in [2.75, 3.05) is 17.2 Å². The Balaban J connectivity index is 2.22. The van der Waals surface area contributed by atoms with E-state index in [1.54, 1.807) is 18.2 Å². The summed E-state index contributed by atoms with van der Waals surface area (Å²) in [7, 11) is 0. The standard InChI is InChI=1S/C15H15ClFN3O/c1-2-8-18-14-11(4-3-5-12(14)17)15(21)20-13-7-6-10(16)9-19-13/h3-7,9,18H,2,8H2,1H3,(H,19,20,21). The molecule has 0 fully saturated rings. The van der Waals surface area contributed by atoms with E-state index in [9.17, 15) is 9.18 Å². The minimum Gasteiger partial charge on any atom is -0.382 e. The lowest BCUT2D eigenvalue weighted by molar-refractivity contribution is 0.102. The smallest absolute Gasteiger partial charge is 0.259 e. The van der Waals surface area contributed by atoms with Crippen molar-refractivity contribution < 1.29 is 9.18 Å². The molecule has 0 aliphatic rings. The van der Waals surface area contributed by atoms with Gasteiger partial charge in [0.25, 0.3) is 5.91 Å². The molecule has 6 heteroatoms. The lowest BCUT2D eigenvalue weighted by Crippen LogP contribution is -2.16. The van der Waals surface area contributed by atoms with Crippen LogP contribution in [0.15, 0.2) is 36.5 Å². The van der Waals surface area contributed by atoms with E-state index in [1.807, 2.05) is 6.92 Å². The van der Waals surface area contributed by atoms with E-state index in [0.717, 1.165) is 6.42 Å². The van der Waals surface area contributed by atoms with Gasteiger partial charge in [0.15, 0.2) is 0 Å². The van der Waals surface area contributed by atoms with Gasteiger partial charge in [-0.15, -0.1) is 0 Å². The van der Waals surface area contributed by atoms with Gasteiger partial charge in [0.1, 0.15) is 11.6 Å². The summed E-state index contributed by atoms with van der Waals surface area (Å²) in [6, 6.07) is 7.57. The second-order valence-electron chi connectivity index (χ2n) is 4.40. The average Bonchev–Trinajstić information content (AvgIpc) is 2.48. The molecule has 0 spiro atoms. The minimum absolute atomic E-state index is 0.200. The van der Waals surface area contributed by atoms with Gasteiger partial charge in [0.2, 0.25) is 0 Å². The number of amides is 1. The van der Waals surface area contributed by atoms with E-state index in [4.69, 9.17) is 11.6 Å². The molecule has 21 heavy (non-hydrogen) atoms. The second-order valence-corrected chi connectivity index (χ2v) is 4.84. The number of nitrogens with zero attached hydrogens (tertiary/aromatic N) is 1. The summed E-state index contributed by atoms with van der Waals surface area (Å²) < 4.78 is 13.8. The van der Waals surface area contributed by atoms with Gasteiger partial charge in [-0.2, -0.15) is 0 Å². The fourth-order valence-electron chi connectivity index (χ4n) is 1.78. The molecule has 2 rings (SSSR count). The molecule has 0 saturated carbocycles. The van der Waals surface area contributed by atoms with Gasteiger partial charge >= 0.3 is 0 Å². The molecule has 0 bridgehead atoms. The van der Waals surface area contributed by atoms with Gasteiger partial charge in [0.05, 0.1) is 16.3 Å². The van der Waals surface area contributed by atoms with Crippen LogP contribution in [0.3, 0.4) is 0 Å². The van der Waals surface area contributed by atoms with E-state index in [0.29, 0.717) is 17.4 Å². The van der Waals surface area contributed by atoms with Crippen molar-refractivity contribution in [2.45, 2.75) is 13.3 Å². The van der Waals surface area contributed by atoms with E-state index >= 15 is 0 Å². The maximum Gasteiger partial charge on any atom is 0.259 e. The second kappa shape index (κ2) is 7.04. The molecular weight excluding hydrogens is 293 g/mol. The summed E-state index contributed by atoms with van der Waals surface area (Å²) in [5.74, 6) is -0.529. The lowest BCUT2D eigenvalue weighted by atomic mass is 10.1. The number of para-hydroxylation sites is 1. The highest BCUT2D eigenvalue weighted by atomic mass is 35.5. The Bertz CT molecular complexity index is 631. The summed E-state index contributed by atoms with van der Waals surface area (Å²) in [6.07, 6.45) is 2.26. The number of hydrogen-bond donors (Lipinski definition) is 2. The number of benzene rings is 1. The highest BCUT2D eigenvalue weighted by Crippen LogP contribution is 2.21. The van der Waals surface area contributed by atoms with E-state index in [2.05, 4.69) is 15.6 Å². The number of anilines is 2. The predicted molar refractivity (Wildman–Crippen MR) is 82.4 cm³/mol. The number of rotatable bonds is 5.